The largest absolute Gasteiger partial charge is 0.317 e. The number of nitrogens with one attached hydrogen (secondary N) is 2. The first kappa shape index (κ1) is 17.1. The molecule has 2 heterocycles. The molecule has 0 bridgehead atoms. The molecule has 23 heavy (non-hydrogen) atoms. The number of anilines is 2. The number of aryl methyl sites for hydroxylation is 2. The van der Waals surface area contributed by atoms with Gasteiger partial charge in [-0.25, -0.2) is 4.98 Å². The van der Waals surface area contributed by atoms with E-state index in [0.29, 0.717) is 15.7 Å². The van der Waals surface area contributed by atoms with Crippen LogP contribution in [-0.4, -0.2) is 16.8 Å². The molecule has 0 aliphatic rings. The third-order valence-corrected chi connectivity index (χ3v) is 4.35. The lowest BCUT2D eigenvalue weighted by molar-refractivity contribution is -0.123. The van der Waals surface area contributed by atoms with Crippen molar-refractivity contribution in [1.29, 1.82) is 0 Å². The van der Waals surface area contributed by atoms with Crippen LogP contribution >= 0.6 is 11.3 Å². The highest BCUT2D eigenvalue weighted by Crippen LogP contribution is 2.29. The molecule has 0 spiro atoms. The summed E-state index contributed by atoms with van der Waals surface area (Å²) in [5.41, 5.74) is 1.37. The van der Waals surface area contributed by atoms with Crippen LogP contribution in [0, 0.1) is 19.3 Å². The normalized spacial score (nSPS) is 11.2. The van der Waals surface area contributed by atoms with Gasteiger partial charge in [0.25, 0.3) is 5.91 Å². The molecule has 2 amide bonds. The molecule has 2 aromatic heterocycles. The zero-order valence-corrected chi connectivity index (χ0v) is 14.8. The highest BCUT2D eigenvalue weighted by Gasteiger charge is 2.23. The van der Waals surface area contributed by atoms with Gasteiger partial charge in [-0.15, -0.1) is 11.3 Å². The molecule has 122 valence electrons. The number of hydrogen-bond acceptors (Lipinski definition) is 4. The second-order valence-electron chi connectivity index (χ2n) is 6.50. The van der Waals surface area contributed by atoms with Crippen molar-refractivity contribution in [2.75, 3.05) is 10.6 Å². The first-order valence-corrected chi connectivity index (χ1v) is 8.14. The summed E-state index contributed by atoms with van der Waals surface area (Å²) in [7, 11) is 0. The molecule has 5 nitrogen and oxygen atoms in total. The van der Waals surface area contributed by atoms with Crippen molar-refractivity contribution < 1.29 is 9.59 Å². The van der Waals surface area contributed by atoms with E-state index in [-0.39, 0.29) is 11.8 Å². The fraction of sp³-hybridized carbons (Fsp3) is 0.353. The molecule has 0 saturated heterocycles. The fourth-order valence-electron chi connectivity index (χ4n) is 1.78. The third-order valence-electron chi connectivity index (χ3n) is 3.19. The minimum Gasteiger partial charge on any atom is -0.317 e. The van der Waals surface area contributed by atoms with Crippen LogP contribution < -0.4 is 10.6 Å². The number of carbonyl (C=O) groups is 2. The molecular formula is C17H21N3O2S. The van der Waals surface area contributed by atoms with Gasteiger partial charge in [0.1, 0.15) is 5.82 Å². The van der Waals surface area contributed by atoms with Gasteiger partial charge >= 0.3 is 0 Å². The molecule has 2 aromatic rings. The Morgan fingerprint density at radius 3 is 2.39 bits per heavy atom. The number of thiophene rings is 1. The fourth-order valence-corrected chi connectivity index (χ4v) is 2.75. The summed E-state index contributed by atoms with van der Waals surface area (Å²) in [6, 6.07) is 5.46. The zero-order valence-electron chi connectivity index (χ0n) is 14.0. The highest BCUT2D eigenvalue weighted by atomic mass is 32.1. The van der Waals surface area contributed by atoms with Crippen molar-refractivity contribution in [3.05, 3.63) is 40.4 Å². The van der Waals surface area contributed by atoms with Gasteiger partial charge in [0.15, 0.2) is 0 Å². The SMILES string of the molecule is Cc1ccc(NC(=O)c2sc(NC(=O)C(C)(C)C)cc2C)nc1. The number of nitrogens with zero attached hydrogens (tertiary/aromatic N) is 1. The second-order valence-corrected chi connectivity index (χ2v) is 7.55. The molecule has 2 rings (SSSR count). The summed E-state index contributed by atoms with van der Waals surface area (Å²) in [5, 5.41) is 6.29. The lowest BCUT2D eigenvalue weighted by Crippen LogP contribution is -2.27. The average molecular weight is 331 g/mol. The van der Waals surface area contributed by atoms with Crippen LogP contribution in [-0.2, 0) is 4.79 Å². The minimum absolute atomic E-state index is 0.0779. The van der Waals surface area contributed by atoms with Crippen LogP contribution in [0.15, 0.2) is 24.4 Å². The van der Waals surface area contributed by atoms with E-state index < -0.39 is 5.41 Å². The van der Waals surface area contributed by atoms with E-state index in [1.54, 1.807) is 12.3 Å². The van der Waals surface area contributed by atoms with Gasteiger partial charge in [-0.05, 0) is 37.1 Å². The van der Waals surface area contributed by atoms with Gasteiger partial charge in [-0.3, -0.25) is 9.59 Å². The van der Waals surface area contributed by atoms with E-state index in [1.165, 1.54) is 11.3 Å². The van der Waals surface area contributed by atoms with E-state index in [2.05, 4.69) is 15.6 Å². The maximum Gasteiger partial charge on any atom is 0.267 e. The first-order chi connectivity index (χ1) is 10.7. The third kappa shape index (κ3) is 4.39. The van der Waals surface area contributed by atoms with Gasteiger partial charge in [-0.1, -0.05) is 26.8 Å². The summed E-state index contributed by atoms with van der Waals surface area (Å²) in [6.07, 6.45) is 1.70. The molecular weight excluding hydrogens is 310 g/mol. The van der Waals surface area contributed by atoms with Crippen LogP contribution in [0.1, 0.15) is 41.6 Å². The molecule has 0 atom stereocenters. The number of carbonyl (C=O) groups excluding carboxylic acids is 2. The van der Waals surface area contributed by atoms with E-state index >= 15 is 0 Å². The quantitative estimate of drug-likeness (QED) is 0.893. The average Bonchev–Trinajstić information content (AvgIpc) is 2.81. The van der Waals surface area contributed by atoms with Crippen LogP contribution in [0.5, 0.6) is 0 Å². The highest BCUT2D eigenvalue weighted by molar-refractivity contribution is 7.18. The van der Waals surface area contributed by atoms with Crippen molar-refractivity contribution in [2.45, 2.75) is 34.6 Å². The number of amides is 2. The predicted molar refractivity (Wildman–Crippen MR) is 94.1 cm³/mol. The summed E-state index contributed by atoms with van der Waals surface area (Å²) in [6.45, 7) is 9.32. The molecule has 0 unspecified atom stereocenters. The van der Waals surface area contributed by atoms with Crippen LogP contribution in [0.25, 0.3) is 0 Å². The zero-order chi connectivity index (χ0) is 17.2. The van der Waals surface area contributed by atoms with Crippen molar-refractivity contribution in [1.82, 2.24) is 4.98 Å². The Bertz CT molecular complexity index is 727. The Morgan fingerprint density at radius 1 is 1.13 bits per heavy atom. The van der Waals surface area contributed by atoms with Crippen LogP contribution in [0.3, 0.4) is 0 Å². The molecule has 0 aliphatic carbocycles. The summed E-state index contributed by atoms with van der Waals surface area (Å²) < 4.78 is 0. The van der Waals surface area contributed by atoms with E-state index in [0.717, 1.165) is 11.1 Å². The number of hydrogen-bond donors (Lipinski definition) is 2. The number of rotatable bonds is 3. The Morgan fingerprint density at radius 2 is 1.83 bits per heavy atom. The maximum absolute atomic E-state index is 12.4. The molecule has 0 aromatic carbocycles. The van der Waals surface area contributed by atoms with Gasteiger partial charge < -0.3 is 10.6 Å². The first-order valence-electron chi connectivity index (χ1n) is 7.33. The van der Waals surface area contributed by atoms with Crippen molar-refractivity contribution in [3.63, 3.8) is 0 Å². The minimum atomic E-state index is -0.480. The molecule has 6 heteroatoms. The Labute approximate surface area is 140 Å². The standard InChI is InChI=1S/C17H21N3O2S/c1-10-6-7-12(18-9-10)19-15(21)14-11(2)8-13(23-14)20-16(22)17(3,4)5/h6-9H,1-5H3,(H,20,22)(H,18,19,21). The maximum atomic E-state index is 12.4. The van der Waals surface area contributed by atoms with Gasteiger partial charge in [-0.2, -0.15) is 0 Å². The molecule has 0 saturated carbocycles. The Kier molecular flexibility index (Phi) is 4.85. The Balaban J connectivity index is 2.12. The van der Waals surface area contributed by atoms with Gasteiger partial charge in [0.05, 0.1) is 9.88 Å². The molecule has 0 aliphatic heterocycles. The topological polar surface area (TPSA) is 71.1 Å². The monoisotopic (exact) mass is 331 g/mol. The van der Waals surface area contributed by atoms with Crippen molar-refractivity contribution in [2.24, 2.45) is 5.41 Å². The number of pyridine rings is 1. The van der Waals surface area contributed by atoms with Crippen LogP contribution in [0.2, 0.25) is 0 Å². The summed E-state index contributed by atoms with van der Waals surface area (Å²) in [5.74, 6) is 0.208. The van der Waals surface area contributed by atoms with Crippen molar-refractivity contribution in [3.8, 4) is 0 Å². The number of aromatic nitrogens is 1. The second kappa shape index (κ2) is 6.50. The van der Waals surface area contributed by atoms with Gasteiger partial charge in [0, 0.05) is 11.6 Å². The lowest BCUT2D eigenvalue weighted by Gasteiger charge is -2.16. The van der Waals surface area contributed by atoms with E-state index in [9.17, 15) is 9.59 Å². The van der Waals surface area contributed by atoms with E-state index in [1.807, 2.05) is 46.8 Å². The van der Waals surface area contributed by atoms with E-state index in [4.69, 9.17) is 0 Å². The Hall–Kier alpha value is -2.21. The van der Waals surface area contributed by atoms with Crippen molar-refractivity contribution >= 4 is 34.0 Å². The lowest BCUT2D eigenvalue weighted by atomic mass is 9.96. The molecule has 2 N–H and O–H groups in total. The van der Waals surface area contributed by atoms with Gasteiger partial charge in [0.2, 0.25) is 5.91 Å². The molecule has 0 fully saturated rings. The van der Waals surface area contributed by atoms with Crippen LogP contribution in [0.4, 0.5) is 10.8 Å². The smallest absolute Gasteiger partial charge is 0.267 e. The summed E-state index contributed by atoms with van der Waals surface area (Å²) >= 11 is 1.26. The predicted octanol–water partition coefficient (Wildman–Crippen LogP) is 4.00. The summed E-state index contributed by atoms with van der Waals surface area (Å²) in [4.78, 5) is 29.1. The molecule has 0 radical (unpaired) electrons.